The number of benzene rings is 1. The molecule has 1 aliphatic rings. The first-order valence-corrected chi connectivity index (χ1v) is 7.66. The zero-order valence-electron chi connectivity index (χ0n) is 14.1. The molecule has 0 radical (unpaired) electrons. The van der Waals surface area contributed by atoms with Crippen molar-refractivity contribution < 1.29 is 32.6 Å². The molecule has 8 heteroatoms. The van der Waals surface area contributed by atoms with Gasteiger partial charge < -0.3 is 9.47 Å². The lowest BCUT2D eigenvalue weighted by molar-refractivity contribution is -0.153. The van der Waals surface area contributed by atoms with Crippen LogP contribution in [0.1, 0.15) is 32.8 Å². The van der Waals surface area contributed by atoms with Crippen LogP contribution in [0.4, 0.5) is 13.6 Å². The SMILES string of the molecule is CC(C)(C)OC(=O)N1C(=O)C(F)(F)C[C@H]1C(=O)OCc1ccccc1. The normalized spacial score (nSPS) is 19.6. The summed E-state index contributed by atoms with van der Waals surface area (Å²) in [5.74, 6) is -6.67. The maximum Gasteiger partial charge on any atom is 0.418 e. The Bertz CT molecular complexity index is 669. The molecule has 0 spiro atoms. The van der Waals surface area contributed by atoms with Gasteiger partial charge >= 0.3 is 23.9 Å². The van der Waals surface area contributed by atoms with Gasteiger partial charge in [-0.15, -0.1) is 0 Å². The number of imide groups is 1. The van der Waals surface area contributed by atoms with Crippen molar-refractivity contribution in [2.45, 2.75) is 51.4 Å². The number of rotatable bonds is 3. The van der Waals surface area contributed by atoms with E-state index in [4.69, 9.17) is 9.47 Å². The van der Waals surface area contributed by atoms with Crippen LogP contribution in [0, 0.1) is 0 Å². The average molecular weight is 355 g/mol. The molecule has 1 aromatic rings. The number of ether oxygens (including phenoxy) is 2. The van der Waals surface area contributed by atoms with Crippen molar-refractivity contribution in [1.29, 1.82) is 0 Å². The first-order valence-electron chi connectivity index (χ1n) is 7.66. The molecule has 0 saturated carbocycles. The summed E-state index contributed by atoms with van der Waals surface area (Å²) in [6, 6.07) is 6.88. The molecule has 1 atom stereocenters. The minimum absolute atomic E-state index is 0.151. The second kappa shape index (κ2) is 6.78. The van der Waals surface area contributed by atoms with Crippen molar-refractivity contribution in [1.82, 2.24) is 4.90 Å². The van der Waals surface area contributed by atoms with Crippen LogP contribution in [0.5, 0.6) is 0 Å². The smallest absolute Gasteiger partial charge is 0.418 e. The lowest BCUT2D eigenvalue weighted by atomic mass is 10.2. The summed E-state index contributed by atoms with van der Waals surface area (Å²) < 4.78 is 37.4. The highest BCUT2D eigenvalue weighted by Gasteiger charge is 2.59. The Balaban J connectivity index is 2.13. The monoisotopic (exact) mass is 355 g/mol. The third-order valence-electron chi connectivity index (χ3n) is 3.38. The van der Waals surface area contributed by atoms with Gasteiger partial charge in [0.15, 0.2) is 0 Å². The molecule has 2 amide bonds. The molecule has 1 aliphatic heterocycles. The summed E-state index contributed by atoms with van der Waals surface area (Å²) in [4.78, 5) is 36.2. The van der Waals surface area contributed by atoms with Crippen molar-refractivity contribution in [2.24, 2.45) is 0 Å². The van der Waals surface area contributed by atoms with E-state index < -0.39 is 42.0 Å². The third-order valence-corrected chi connectivity index (χ3v) is 3.38. The Morgan fingerprint density at radius 2 is 1.84 bits per heavy atom. The summed E-state index contributed by atoms with van der Waals surface area (Å²) in [6.45, 7) is 4.41. The van der Waals surface area contributed by atoms with Crippen LogP contribution >= 0.6 is 0 Å². The number of carbonyl (C=O) groups excluding carboxylic acids is 3. The Labute approximate surface area is 143 Å². The predicted molar refractivity (Wildman–Crippen MR) is 82.7 cm³/mol. The fraction of sp³-hybridized carbons (Fsp3) is 0.471. The molecular weight excluding hydrogens is 336 g/mol. The van der Waals surface area contributed by atoms with Crippen LogP contribution in [-0.4, -0.2) is 40.4 Å². The lowest BCUT2D eigenvalue weighted by Gasteiger charge is -2.26. The van der Waals surface area contributed by atoms with Gasteiger partial charge in [0.25, 0.3) is 0 Å². The first-order chi connectivity index (χ1) is 11.5. The van der Waals surface area contributed by atoms with Gasteiger partial charge in [-0.2, -0.15) is 8.78 Å². The van der Waals surface area contributed by atoms with E-state index >= 15 is 0 Å². The molecule has 1 saturated heterocycles. The van der Waals surface area contributed by atoms with E-state index in [9.17, 15) is 23.2 Å². The van der Waals surface area contributed by atoms with Gasteiger partial charge in [0.2, 0.25) is 0 Å². The van der Waals surface area contributed by atoms with Crippen molar-refractivity contribution in [3.05, 3.63) is 35.9 Å². The molecule has 1 heterocycles. The van der Waals surface area contributed by atoms with Crippen molar-refractivity contribution >= 4 is 18.0 Å². The van der Waals surface area contributed by atoms with Crippen LogP contribution < -0.4 is 0 Å². The summed E-state index contributed by atoms with van der Waals surface area (Å²) in [6.07, 6.45) is -2.42. The maximum atomic E-state index is 13.7. The zero-order valence-corrected chi connectivity index (χ0v) is 14.1. The molecule has 0 bridgehead atoms. The number of amides is 2. The van der Waals surface area contributed by atoms with Gasteiger partial charge in [0.1, 0.15) is 18.2 Å². The van der Waals surface area contributed by atoms with E-state index in [0.717, 1.165) is 0 Å². The summed E-state index contributed by atoms with van der Waals surface area (Å²) in [5, 5.41) is 0. The molecule has 0 aromatic heterocycles. The van der Waals surface area contributed by atoms with Crippen molar-refractivity contribution in [3.63, 3.8) is 0 Å². The van der Waals surface area contributed by atoms with Gasteiger partial charge in [0, 0.05) is 0 Å². The molecule has 2 rings (SSSR count). The summed E-state index contributed by atoms with van der Waals surface area (Å²) in [7, 11) is 0. The molecular formula is C17H19F2NO5. The molecule has 1 fully saturated rings. The summed E-state index contributed by atoms with van der Waals surface area (Å²) >= 11 is 0. The Morgan fingerprint density at radius 1 is 1.24 bits per heavy atom. The maximum absolute atomic E-state index is 13.7. The molecule has 136 valence electrons. The Kier molecular flexibility index (Phi) is 5.10. The number of alkyl halides is 2. The number of halogens is 2. The van der Waals surface area contributed by atoms with Gasteiger partial charge in [0.05, 0.1) is 6.42 Å². The average Bonchev–Trinajstić information content (AvgIpc) is 2.75. The number of esters is 1. The van der Waals surface area contributed by atoms with Gasteiger partial charge in [-0.1, -0.05) is 30.3 Å². The topological polar surface area (TPSA) is 72.9 Å². The molecule has 0 unspecified atom stereocenters. The highest BCUT2D eigenvalue weighted by atomic mass is 19.3. The fourth-order valence-electron chi connectivity index (χ4n) is 2.27. The van der Waals surface area contributed by atoms with Gasteiger partial charge in [-0.3, -0.25) is 4.79 Å². The van der Waals surface area contributed by atoms with Gasteiger partial charge in [-0.25, -0.2) is 14.5 Å². The number of hydrogen-bond donors (Lipinski definition) is 0. The van der Waals surface area contributed by atoms with E-state index in [1.807, 2.05) is 0 Å². The van der Waals surface area contributed by atoms with E-state index in [1.165, 1.54) is 20.8 Å². The van der Waals surface area contributed by atoms with Crippen molar-refractivity contribution in [3.8, 4) is 0 Å². The van der Waals surface area contributed by atoms with Crippen LogP contribution in [0.15, 0.2) is 30.3 Å². The van der Waals surface area contributed by atoms with Crippen LogP contribution in [0.25, 0.3) is 0 Å². The lowest BCUT2D eigenvalue weighted by Crippen LogP contribution is -2.47. The molecule has 1 aromatic carbocycles. The second-order valence-corrected chi connectivity index (χ2v) is 6.67. The van der Waals surface area contributed by atoms with E-state index in [-0.39, 0.29) is 11.5 Å². The standard InChI is InChI=1S/C17H19F2NO5/c1-16(2,3)25-15(23)20-12(9-17(18,19)14(20)22)13(21)24-10-11-7-5-4-6-8-11/h4-8,12H,9-10H2,1-3H3/t12-/m0/s1. The Hall–Kier alpha value is -2.51. The number of hydrogen-bond acceptors (Lipinski definition) is 5. The van der Waals surface area contributed by atoms with Crippen LogP contribution in [-0.2, 0) is 25.7 Å². The first kappa shape index (κ1) is 18.8. The van der Waals surface area contributed by atoms with E-state index in [0.29, 0.717) is 5.56 Å². The van der Waals surface area contributed by atoms with Crippen molar-refractivity contribution in [2.75, 3.05) is 0 Å². The molecule has 6 nitrogen and oxygen atoms in total. The van der Waals surface area contributed by atoms with E-state index in [2.05, 4.69) is 0 Å². The predicted octanol–water partition coefficient (Wildman–Crippen LogP) is 2.90. The second-order valence-electron chi connectivity index (χ2n) is 6.67. The zero-order chi connectivity index (χ0) is 18.8. The van der Waals surface area contributed by atoms with E-state index in [1.54, 1.807) is 30.3 Å². The fourth-order valence-corrected chi connectivity index (χ4v) is 2.27. The highest BCUT2D eigenvalue weighted by molar-refractivity contribution is 6.03. The molecule has 0 N–H and O–H groups in total. The number of carbonyl (C=O) groups is 3. The highest BCUT2D eigenvalue weighted by Crippen LogP contribution is 2.35. The van der Waals surface area contributed by atoms with Gasteiger partial charge in [-0.05, 0) is 26.3 Å². The molecule has 25 heavy (non-hydrogen) atoms. The van der Waals surface area contributed by atoms with Crippen LogP contribution in [0.3, 0.4) is 0 Å². The summed E-state index contributed by atoms with van der Waals surface area (Å²) in [5.41, 5.74) is -0.357. The van der Waals surface area contributed by atoms with Crippen LogP contribution in [0.2, 0.25) is 0 Å². The number of nitrogens with zero attached hydrogens (tertiary/aromatic N) is 1. The largest absolute Gasteiger partial charge is 0.459 e. The molecule has 0 aliphatic carbocycles. The quantitative estimate of drug-likeness (QED) is 0.780. The third kappa shape index (κ3) is 4.52. The minimum atomic E-state index is -3.83. The number of likely N-dealkylation sites (tertiary alicyclic amines) is 1. The minimum Gasteiger partial charge on any atom is -0.459 e. The Morgan fingerprint density at radius 3 is 2.40 bits per heavy atom.